The summed E-state index contributed by atoms with van der Waals surface area (Å²) in [5, 5.41) is 23.0. The van der Waals surface area contributed by atoms with Crippen LogP contribution in [0.4, 0.5) is 4.79 Å². The van der Waals surface area contributed by atoms with Crippen LogP contribution in [0, 0.1) is 23.7 Å². The molecule has 0 radical (unpaired) electrons. The Morgan fingerprint density at radius 3 is 2.06 bits per heavy atom. The van der Waals surface area contributed by atoms with Gasteiger partial charge in [-0.2, -0.15) is 0 Å². The summed E-state index contributed by atoms with van der Waals surface area (Å²) in [6.07, 6.45) is 3.08. The Morgan fingerprint density at radius 2 is 1.51 bits per heavy atom. The van der Waals surface area contributed by atoms with E-state index in [4.69, 9.17) is 4.74 Å². The second-order valence-electron chi connectivity index (χ2n) is 14.9. The Hall–Kier alpha value is -3.93. The van der Waals surface area contributed by atoms with E-state index in [-0.39, 0.29) is 37.0 Å². The fourth-order valence-corrected chi connectivity index (χ4v) is 5.37. The van der Waals surface area contributed by atoms with Crippen molar-refractivity contribution >= 4 is 23.8 Å². The van der Waals surface area contributed by atoms with Crippen molar-refractivity contribution in [3.63, 3.8) is 0 Å². The topological polar surface area (TPSA) is 175 Å². The van der Waals surface area contributed by atoms with Crippen LogP contribution < -0.4 is 21.3 Å². The van der Waals surface area contributed by atoms with E-state index < -0.39 is 53.7 Å². The number of imidazole rings is 1. The van der Waals surface area contributed by atoms with Crippen LogP contribution in [0.15, 0.2) is 42.9 Å². The van der Waals surface area contributed by atoms with E-state index in [1.807, 2.05) is 58.0 Å². The molecule has 0 aliphatic rings. The van der Waals surface area contributed by atoms with Crippen LogP contribution in [0.1, 0.15) is 92.8 Å². The molecule has 12 heteroatoms. The number of aromatic nitrogens is 2. The van der Waals surface area contributed by atoms with Gasteiger partial charge in [-0.3, -0.25) is 14.4 Å². The number of alkyl carbamates (subject to hydrolysis) is 1. The number of hydrogen-bond donors (Lipinski definition) is 6. The van der Waals surface area contributed by atoms with Crippen LogP contribution in [0.25, 0.3) is 0 Å². The van der Waals surface area contributed by atoms with Gasteiger partial charge in [-0.25, -0.2) is 9.78 Å². The number of aromatic amines is 1. The molecule has 0 bridgehead atoms. The number of hydrogen-bond acceptors (Lipinski definition) is 7. The Kier molecular flexibility index (Phi) is 16.8. The van der Waals surface area contributed by atoms with Gasteiger partial charge < -0.3 is 36.1 Å². The molecule has 49 heavy (non-hydrogen) atoms. The first-order chi connectivity index (χ1) is 23.0. The van der Waals surface area contributed by atoms with Gasteiger partial charge in [-0.15, -0.1) is 0 Å². The minimum absolute atomic E-state index is 0.0339. The maximum Gasteiger partial charge on any atom is 0.408 e. The highest BCUT2D eigenvalue weighted by atomic mass is 16.6. The molecule has 6 N–H and O–H groups in total. The van der Waals surface area contributed by atoms with Crippen LogP contribution in [-0.2, 0) is 32.0 Å². The zero-order valence-electron chi connectivity index (χ0n) is 30.8. The summed E-state index contributed by atoms with van der Waals surface area (Å²) in [7, 11) is 0. The summed E-state index contributed by atoms with van der Waals surface area (Å²) in [6, 6.07) is 6.42. The number of nitrogens with one attached hydrogen (secondary N) is 5. The fourth-order valence-electron chi connectivity index (χ4n) is 5.37. The van der Waals surface area contributed by atoms with Gasteiger partial charge in [0, 0.05) is 37.2 Å². The van der Waals surface area contributed by atoms with E-state index in [9.17, 15) is 24.3 Å². The highest BCUT2D eigenvalue weighted by Crippen LogP contribution is 2.22. The summed E-state index contributed by atoms with van der Waals surface area (Å²) < 4.78 is 5.43. The lowest BCUT2D eigenvalue weighted by Gasteiger charge is -2.31. The molecule has 274 valence electrons. The number of amides is 4. The van der Waals surface area contributed by atoms with Crippen LogP contribution in [0.2, 0.25) is 0 Å². The van der Waals surface area contributed by atoms with Crippen molar-refractivity contribution in [2.24, 2.45) is 23.7 Å². The molecule has 0 unspecified atom stereocenters. The van der Waals surface area contributed by atoms with Crippen LogP contribution in [0.5, 0.6) is 0 Å². The van der Waals surface area contributed by atoms with Crippen molar-refractivity contribution in [2.45, 2.75) is 124 Å². The van der Waals surface area contributed by atoms with Gasteiger partial charge in [0.15, 0.2) is 0 Å². The summed E-state index contributed by atoms with van der Waals surface area (Å²) >= 11 is 0. The lowest BCUT2D eigenvalue weighted by molar-refractivity contribution is -0.131. The summed E-state index contributed by atoms with van der Waals surface area (Å²) in [6.45, 7) is 17.8. The van der Waals surface area contributed by atoms with Gasteiger partial charge in [0.1, 0.15) is 17.7 Å². The maximum absolute atomic E-state index is 14.0. The number of rotatable bonds is 19. The van der Waals surface area contributed by atoms with E-state index in [0.717, 1.165) is 12.0 Å². The molecule has 0 saturated heterocycles. The highest BCUT2D eigenvalue weighted by Gasteiger charge is 2.34. The molecular formula is C37H60N6O6. The number of benzene rings is 1. The number of carbonyl (C=O) groups is 4. The third-order valence-corrected chi connectivity index (χ3v) is 8.38. The van der Waals surface area contributed by atoms with Crippen molar-refractivity contribution < 1.29 is 29.0 Å². The first kappa shape index (κ1) is 41.2. The quantitative estimate of drug-likeness (QED) is 0.128. The van der Waals surface area contributed by atoms with Crippen LogP contribution in [-0.4, -0.2) is 75.3 Å². The predicted molar refractivity (Wildman–Crippen MR) is 190 cm³/mol. The monoisotopic (exact) mass is 684 g/mol. The summed E-state index contributed by atoms with van der Waals surface area (Å²) in [5.41, 5.74) is 0.636. The van der Waals surface area contributed by atoms with Crippen LogP contribution in [0.3, 0.4) is 0 Å². The average Bonchev–Trinajstić information content (AvgIpc) is 3.53. The van der Waals surface area contributed by atoms with E-state index in [2.05, 4.69) is 45.1 Å². The van der Waals surface area contributed by atoms with Gasteiger partial charge in [0.25, 0.3) is 0 Å². The molecule has 12 nitrogen and oxygen atoms in total. The minimum Gasteiger partial charge on any atom is -0.444 e. The zero-order valence-corrected chi connectivity index (χ0v) is 30.8. The SMILES string of the molecule is CC[C@@H](C)CNC(=O)[C@@H](C[C@H](O)[C@H](CC(C)C)NC(=O)[C@H](Cc1cnc[nH]1)NC(=O)[C@H](Cc1ccccc1)NC(=O)OC(C)(C)C)C(C)C. The standard InChI is InChI=1S/C37H60N6O6/c1-10-25(6)20-39-33(45)28(24(4)5)19-32(44)29(16-23(2)3)41-35(47)31(18-27-21-38-22-40-27)42-34(46)30(17-26-14-12-11-13-15-26)43-36(48)49-37(7,8)9/h11-15,21-25,28-32,44H,10,16-20H2,1-9H3,(H,38,40)(H,39,45)(H,41,47)(H,42,46)(H,43,48)/t25-,28+,29+,30+,31+,32+/m1/s1. The van der Waals surface area contributed by atoms with Gasteiger partial charge >= 0.3 is 6.09 Å². The molecule has 2 aromatic rings. The van der Waals surface area contributed by atoms with E-state index in [1.165, 1.54) is 6.33 Å². The Bertz CT molecular complexity index is 1290. The molecule has 1 heterocycles. The van der Waals surface area contributed by atoms with Crippen LogP contribution >= 0.6 is 0 Å². The predicted octanol–water partition coefficient (Wildman–Crippen LogP) is 4.29. The first-order valence-corrected chi connectivity index (χ1v) is 17.6. The van der Waals surface area contributed by atoms with Crippen molar-refractivity contribution in [1.29, 1.82) is 0 Å². The molecule has 0 aliphatic heterocycles. The van der Waals surface area contributed by atoms with Crippen molar-refractivity contribution in [3.05, 3.63) is 54.1 Å². The third kappa shape index (κ3) is 15.4. The van der Waals surface area contributed by atoms with E-state index in [1.54, 1.807) is 27.0 Å². The molecule has 4 amide bonds. The molecule has 0 aliphatic carbocycles. The lowest BCUT2D eigenvalue weighted by atomic mass is 9.85. The van der Waals surface area contributed by atoms with E-state index >= 15 is 0 Å². The first-order valence-electron chi connectivity index (χ1n) is 17.6. The molecule has 0 fully saturated rings. The third-order valence-electron chi connectivity index (χ3n) is 8.38. The molecule has 2 rings (SSSR count). The number of carbonyl (C=O) groups excluding carboxylic acids is 4. The molecule has 0 saturated carbocycles. The van der Waals surface area contributed by atoms with E-state index in [0.29, 0.717) is 24.6 Å². The zero-order chi connectivity index (χ0) is 36.7. The lowest BCUT2D eigenvalue weighted by Crippen LogP contribution is -2.58. The number of aliphatic hydroxyl groups excluding tert-OH is 1. The molecular weight excluding hydrogens is 624 g/mol. The number of ether oxygens (including phenoxy) is 1. The Labute approximate surface area is 292 Å². The Morgan fingerprint density at radius 1 is 0.878 bits per heavy atom. The average molecular weight is 685 g/mol. The second kappa shape index (κ2) is 19.9. The van der Waals surface area contributed by atoms with Crippen molar-refractivity contribution in [3.8, 4) is 0 Å². The number of nitrogens with zero attached hydrogens (tertiary/aromatic N) is 1. The largest absolute Gasteiger partial charge is 0.444 e. The van der Waals surface area contributed by atoms with Gasteiger partial charge in [-0.1, -0.05) is 78.3 Å². The summed E-state index contributed by atoms with van der Waals surface area (Å²) in [5.74, 6) is -1.24. The minimum atomic E-state index is -1.08. The number of aliphatic hydroxyl groups is 1. The second-order valence-corrected chi connectivity index (χ2v) is 14.9. The normalized spacial score (nSPS) is 15.4. The smallest absolute Gasteiger partial charge is 0.408 e. The summed E-state index contributed by atoms with van der Waals surface area (Å²) in [4.78, 5) is 60.8. The van der Waals surface area contributed by atoms with Crippen molar-refractivity contribution in [1.82, 2.24) is 31.2 Å². The number of H-pyrrole nitrogens is 1. The van der Waals surface area contributed by atoms with Gasteiger partial charge in [-0.05, 0) is 56.9 Å². The maximum atomic E-state index is 14.0. The van der Waals surface area contributed by atoms with Crippen molar-refractivity contribution in [2.75, 3.05) is 6.54 Å². The Balaban J connectivity index is 2.31. The molecule has 6 atom stereocenters. The van der Waals surface area contributed by atoms with Gasteiger partial charge in [0.2, 0.25) is 17.7 Å². The van der Waals surface area contributed by atoms with Gasteiger partial charge in [0.05, 0.1) is 18.5 Å². The molecule has 1 aromatic carbocycles. The fraction of sp³-hybridized carbons (Fsp3) is 0.649. The molecule has 0 spiro atoms. The highest BCUT2D eigenvalue weighted by molar-refractivity contribution is 5.91. The molecule has 1 aromatic heterocycles.